The summed E-state index contributed by atoms with van der Waals surface area (Å²) in [6.07, 6.45) is 6.47. The Morgan fingerprint density at radius 1 is 1.20 bits per heavy atom. The summed E-state index contributed by atoms with van der Waals surface area (Å²) in [7, 11) is 0. The van der Waals surface area contributed by atoms with Crippen LogP contribution in [-0.2, 0) is 9.59 Å². The smallest absolute Gasteiger partial charge is 0.230 e. The van der Waals surface area contributed by atoms with Crippen LogP contribution in [0.25, 0.3) is 0 Å². The lowest BCUT2D eigenvalue weighted by atomic mass is 9.84. The van der Waals surface area contributed by atoms with Crippen molar-refractivity contribution in [1.29, 1.82) is 0 Å². The van der Waals surface area contributed by atoms with E-state index in [1.165, 1.54) is 32.1 Å². The molecule has 0 aromatic rings. The number of amides is 1. The number of ketones is 1. The lowest BCUT2D eigenvalue weighted by Gasteiger charge is -2.33. The highest BCUT2D eigenvalue weighted by Crippen LogP contribution is 2.30. The van der Waals surface area contributed by atoms with Gasteiger partial charge in [0.1, 0.15) is 0 Å². The maximum absolute atomic E-state index is 11.6. The van der Waals surface area contributed by atoms with E-state index in [9.17, 15) is 9.59 Å². The van der Waals surface area contributed by atoms with E-state index in [0.717, 1.165) is 0 Å². The Kier molecular flexibility index (Phi) is 3.08. The van der Waals surface area contributed by atoms with Gasteiger partial charge in [-0.25, -0.2) is 0 Å². The van der Waals surface area contributed by atoms with Crippen molar-refractivity contribution in [3.8, 4) is 0 Å². The number of carbonyl (C=O) groups is 2. The molecule has 84 valence electrons. The fraction of sp³-hybridized carbons (Fsp3) is 0.833. The van der Waals surface area contributed by atoms with E-state index in [2.05, 4.69) is 6.92 Å². The number of hydrogen-bond donors (Lipinski definition) is 0. The van der Waals surface area contributed by atoms with E-state index < -0.39 is 0 Å². The lowest BCUT2D eigenvalue weighted by molar-refractivity contribution is -0.130. The van der Waals surface area contributed by atoms with Crippen LogP contribution in [0.1, 0.15) is 45.4 Å². The molecular formula is C12H19NO2. The summed E-state index contributed by atoms with van der Waals surface area (Å²) in [6.45, 7) is 2.46. The molecule has 1 unspecified atom stereocenters. The zero-order chi connectivity index (χ0) is 10.8. The molecule has 1 atom stereocenters. The molecule has 0 spiro atoms. The first-order chi connectivity index (χ1) is 7.18. The van der Waals surface area contributed by atoms with Gasteiger partial charge < -0.3 is 4.90 Å². The van der Waals surface area contributed by atoms with Gasteiger partial charge in [0.25, 0.3) is 0 Å². The van der Waals surface area contributed by atoms with Gasteiger partial charge in [-0.3, -0.25) is 9.59 Å². The van der Waals surface area contributed by atoms with Crippen molar-refractivity contribution in [2.24, 2.45) is 5.92 Å². The molecule has 3 nitrogen and oxygen atoms in total. The molecular weight excluding hydrogens is 190 g/mol. The molecule has 0 aromatic carbocycles. The molecule has 1 saturated carbocycles. The van der Waals surface area contributed by atoms with E-state index in [-0.39, 0.29) is 24.2 Å². The minimum atomic E-state index is 0.0399. The molecule has 1 saturated heterocycles. The third-order valence-electron chi connectivity index (χ3n) is 3.84. The quantitative estimate of drug-likeness (QED) is 0.650. The second-order valence-corrected chi connectivity index (χ2v) is 4.88. The van der Waals surface area contributed by atoms with E-state index in [1.54, 1.807) is 4.90 Å². The summed E-state index contributed by atoms with van der Waals surface area (Å²) in [4.78, 5) is 24.6. The summed E-state index contributed by atoms with van der Waals surface area (Å²) in [6, 6.07) is 0.268. The van der Waals surface area contributed by atoms with Gasteiger partial charge >= 0.3 is 0 Å². The maximum Gasteiger partial charge on any atom is 0.230 e. The summed E-state index contributed by atoms with van der Waals surface area (Å²) in [5.41, 5.74) is 0. The van der Waals surface area contributed by atoms with Gasteiger partial charge in [0.2, 0.25) is 5.91 Å². The first kappa shape index (κ1) is 10.7. The summed E-state index contributed by atoms with van der Waals surface area (Å²) < 4.78 is 0. The summed E-state index contributed by atoms with van der Waals surface area (Å²) in [5.74, 6) is 0.745. The van der Waals surface area contributed by atoms with E-state index in [0.29, 0.717) is 12.5 Å². The Labute approximate surface area is 90.8 Å². The molecule has 1 amide bonds. The fourth-order valence-corrected chi connectivity index (χ4v) is 2.85. The average Bonchev–Trinajstić information content (AvgIpc) is 2.58. The third kappa shape index (κ3) is 2.21. The molecule has 1 aliphatic heterocycles. The van der Waals surface area contributed by atoms with Crippen LogP contribution in [0, 0.1) is 5.92 Å². The zero-order valence-corrected chi connectivity index (χ0v) is 9.37. The van der Waals surface area contributed by atoms with Crippen LogP contribution >= 0.6 is 0 Å². The third-order valence-corrected chi connectivity index (χ3v) is 3.84. The molecule has 0 bridgehead atoms. The largest absolute Gasteiger partial charge is 0.332 e. The Morgan fingerprint density at radius 3 is 2.40 bits per heavy atom. The number of rotatable bonds is 2. The van der Waals surface area contributed by atoms with Crippen molar-refractivity contribution in [3.05, 3.63) is 0 Å². The maximum atomic E-state index is 11.6. The normalized spacial score (nSPS) is 26.1. The second-order valence-electron chi connectivity index (χ2n) is 4.88. The molecule has 15 heavy (non-hydrogen) atoms. The van der Waals surface area contributed by atoms with Gasteiger partial charge in [0.05, 0.1) is 13.0 Å². The predicted molar refractivity (Wildman–Crippen MR) is 57.4 cm³/mol. The molecule has 2 fully saturated rings. The molecule has 0 N–H and O–H groups in total. The molecule has 2 rings (SSSR count). The van der Waals surface area contributed by atoms with Crippen molar-refractivity contribution < 1.29 is 9.59 Å². The number of nitrogens with zero attached hydrogens (tertiary/aromatic N) is 1. The van der Waals surface area contributed by atoms with Crippen LogP contribution in [0.15, 0.2) is 0 Å². The van der Waals surface area contributed by atoms with Crippen molar-refractivity contribution in [1.82, 2.24) is 4.90 Å². The summed E-state index contributed by atoms with van der Waals surface area (Å²) >= 11 is 0. The van der Waals surface area contributed by atoms with Crippen molar-refractivity contribution >= 4 is 11.7 Å². The van der Waals surface area contributed by atoms with E-state index in [4.69, 9.17) is 0 Å². The van der Waals surface area contributed by atoms with Gasteiger partial charge in [0, 0.05) is 6.04 Å². The highest BCUT2D eigenvalue weighted by atomic mass is 16.2. The zero-order valence-electron chi connectivity index (χ0n) is 9.37. The molecule has 1 aliphatic carbocycles. The minimum Gasteiger partial charge on any atom is -0.332 e. The lowest BCUT2D eigenvalue weighted by Crippen LogP contribution is -2.40. The number of carbonyl (C=O) groups excluding carboxylic acids is 2. The monoisotopic (exact) mass is 209 g/mol. The second kappa shape index (κ2) is 4.33. The van der Waals surface area contributed by atoms with Crippen molar-refractivity contribution in [3.63, 3.8) is 0 Å². The number of Topliss-reactive ketones (excluding diaryl/α,β-unsaturated/α-hetero) is 1. The average molecular weight is 209 g/mol. The number of hydrogen-bond acceptors (Lipinski definition) is 2. The van der Waals surface area contributed by atoms with Crippen molar-refractivity contribution in [2.75, 3.05) is 6.54 Å². The first-order valence-corrected chi connectivity index (χ1v) is 5.99. The van der Waals surface area contributed by atoms with Gasteiger partial charge in [-0.15, -0.1) is 0 Å². The Balaban J connectivity index is 1.97. The topological polar surface area (TPSA) is 37.4 Å². The van der Waals surface area contributed by atoms with Crippen LogP contribution in [-0.4, -0.2) is 29.2 Å². The van der Waals surface area contributed by atoms with Crippen LogP contribution in [0.5, 0.6) is 0 Å². The Bertz CT molecular complexity index is 269. The molecule has 0 radical (unpaired) electrons. The van der Waals surface area contributed by atoms with Crippen LogP contribution in [0.2, 0.25) is 0 Å². The minimum absolute atomic E-state index is 0.0399. The standard InChI is InChI=1S/C12H19NO2/c1-9(10-5-3-2-4-6-10)13-8-11(14)7-12(13)15/h9-10H,2-8H2,1H3. The molecule has 3 heteroatoms. The summed E-state index contributed by atoms with van der Waals surface area (Å²) in [5, 5.41) is 0. The van der Waals surface area contributed by atoms with Crippen LogP contribution in [0.4, 0.5) is 0 Å². The highest BCUT2D eigenvalue weighted by Gasteiger charge is 2.34. The van der Waals surface area contributed by atoms with Gasteiger partial charge in [-0.05, 0) is 25.7 Å². The molecule has 2 aliphatic rings. The Morgan fingerprint density at radius 2 is 1.87 bits per heavy atom. The molecule has 0 aromatic heterocycles. The van der Waals surface area contributed by atoms with E-state index >= 15 is 0 Å². The number of likely N-dealkylation sites (tertiary alicyclic amines) is 1. The Hall–Kier alpha value is -0.860. The van der Waals surface area contributed by atoms with Gasteiger partial charge in [-0.1, -0.05) is 19.3 Å². The highest BCUT2D eigenvalue weighted by molar-refractivity contribution is 6.05. The first-order valence-electron chi connectivity index (χ1n) is 5.99. The van der Waals surface area contributed by atoms with Crippen LogP contribution < -0.4 is 0 Å². The predicted octanol–water partition coefficient (Wildman–Crippen LogP) is 1.76. The fourth-order valence-electron chi connectivity index (χ4n) is 2.85. The molecule has 1 heterocycles. The van der Waals surface area contributed by atoms with Crippen molar-refractivity contribution in [2.45, 2.75) is 51.5 Å². The SMILES string of the molecule is CC(C1CCCCC1)N1CC(=O)CC1=O. The van der Waals surface area contributed by atoms with Gasteiger partial charge in [0.15, 0.2) is 5.78 Å². The van der Waals surface area contributed by atoms with Crippen LogP contribution in [0.3, 0.4) is 0 Å². The van der Waals surface area contributed by atoms with E-state index in [1.807, 2.05) is 0 Å². The van der Waals surface area contributed by atoms with Gasteiger partial charge in [-0.2, -0.15) is 0 Å².